The molecule has 0 heterocycles. The molecule has 146 valence electrons. The van der Waals surface area contributed by atoms with E-state index in [1.807, 2.05) is 52.0 Å². The monoisotopic (exact) mass is 388 g/mol. The fourth-order valence-corrected chi connectivity index (χ4v) is 4.46. The van der Waals surface area contributed by atoms with Gasteiger partial charge in [0.05, 0.1) is 18.0 Å². The predicted octanol–water partition coefficient (Wildman–Crippen LogP) is 3.73. The number of para-hydroxylation sites is 1. The van der Waals surface area contributed by atoms with E-state index in [1.165, 1.54) is 4.31 Å². The summed E-state index contributed by atoms with van der Waals surface area (Å²) >= 11 is 0. The maximum Gasteiger partial charge on any atom is 0.244 e. The molecule has 0 aliphatic carbocycles. The summed E-state index contributed by atoms with van der Waals surface area (Å²) in [5.74, 6) is -0.305. The maximum absolute atomic E-state index is 13.0. The second kappa shape index (κ2) is 8.57. The zero-order valence-electron chi connectivity index (χ0n) is 16.6. The van der Waals surface area contributed by atoms with Gasteiger partial charge in [-0.15, -0.1) is 0 Å². The molecule has 0 aliphatic heterocycles. The van der Waals surface area contributed by atoms with E-state index in [0.29, 0.717) is 12.1 Å². The average Bonchev–Trinajstić information content (AvgIpc) is 2.60. The van der Waals surface area contributed by atoms with Gasteiger partial charge in [0.2, 0.25) is 15.9 Å². The van der Waals surface area contributed by atoms with E-state index >= 15 is 0 Å². The number of hydrogen-bond acceptors (Lipinski definition) is 3. The first-order chi connectivity index (χ1) is 12.6. The third kappa shape index (κ3) is 5.10. The van der Waals surface area contributed by atoms with Crippen molar-refractivity contribution in [3.8, 4) is 0 Å². The summed E-state index contributed by atoms with van der Waals surface area (Å²) in [6.45, 7) is 7.74. The van der Waals surface area contributed by atoms with E-state index in [9.17, 15) is 13.2 Å². The van der Waals surface area contributed by atoms with Crippen molar-refractivity contribution in [2.45, 2.75) is 46.2 Å². The third-order valence-corrected chi connectivity index (χ3v) is 5.78. The van der Waals surface area contributed by atoms with Crippen LogP contribution in [0.3, 0.4) is 0 Å². The molecule has 0 saturated heterocycles. The van der Waals surface area contributed by atoms with E-state index < -0.39 is 16.1 Å². The van der Waals surface area contributed by atoms with Crippen LogP contribution in [-0.4, -0.2) is 26.6 Å². The van der Waals surface area contributed by atoms with Crippen LogP contribution in [-0.2, 0) is 14.8 Å². The minimum atomic E-state index is -3.62. The van der Waals surface area contributed by atoms with Crippen molar-refractivity contribution >= 4 is 21.6 Å². The van der Waals surface area contributed by atoms with Crippen molar-refractivity contribution < 1.29 is 13.2 Å². The van der Waals surface area contributed by atoms with Crippen molar-refractivity contribution in [3.05, 3.63) is 65.2 Å². The number of nitrogens with one attached hydrogen (secondary N) is 1. The standard InChI is InChI=1S/C21H28N2O3S/c1-6-20(23(27(5,25)26)18-10-8-7-9-11-18)21(24)22-17(4)19-14-15(2)12-13-16(19)3/h7-14,17,20H,6H2,1-5H3,(H,22,24). The second-order valence-electron chi connectivity index (χ2n) is 6.91. The largest absolute Gasteiger partial charge is 0.348 e. The van der Waals surface area contributed by atoms with Crippen LogP contribution in [0.2, 0.25) is 0 Å². The smallest absolute Gasteiger partial charge is 0.244 e. The number of aryl methyl sites for hydroxylation is 2. The molecule has 2 rings (SSSR count). The highest BCUT2D eigenvalue weighted by molar-refractivity contribution is 7.92. The van der Waals surface area contributed by atoms with Crippen molar-refractivity contribution in [2.75, 3.05) is 10.6 Å². The Bertz CT molecular complexity index is 895. The molecule has 0 bridgehead atoms. The van der Waals surface area contributed by atoms with Gasteiger partial charge in [-0.2, -0.15) is 0 Å². The number of anilines is 1. The molecular formula is C21H28N2O3S. The lowest BCUT2D eigenvalue weighted by Gasteiger charge is -2.31. The molecular weight excluding hydrogens is 360 g/mol. The number of nitrogens with zero attached hydrogens (tertiary/aromatic N) is 1. The van der Waals surface area contributed by atoms with E-state index in [4.69, 9.17) is 0 Å². The Kier molecular flexibility index (Phi) is 6.65. The molecule has 0 radical (unpaired) electrons. The van der Waals surface area contributed by atoms with Gasteiger partial charge in [0.25, 0.3) is 0 Å². The van der Waals surface area contributed by atoms with E-state index in [1.54, 1.807) is 24.3 Å². The number of benzene rings is 2. The quantitative estimate of drug-likeness (QED) is 0.786. The molecule has 2 atom stereocenters. The summed E-state index contributed by atoms with van der Waals surface area (Å²) in [5.41, 5.74) is 3.72. The number of rotatable bonds is 7. The Labute approximate surface area is 162 Å². The molecule has 5 nitrogen and oxygen atoms in total. The minimum Gasteiger partial charge on any atom is -0.348 e. The van der Waals surface area contributed by atoms with Crippen LogP contribution in [0.5, 0.6) is 0 Å². The van der Waals surface area contributed by atoms with Crippen molar-refractivity contribution in [2.24, 2.45) is 0 Å². The fraction of sp³-hybridized carbons (Fsp3) is 0.381. The predicted molar refractivity (Wildman–Crippen MR) is 110 cm³/mol. The first-order valence-corrected chi connectivity index (χ1v) is 10.9. The van der Waals surface area contributed by atoms with Crippen LogP contribution < -0.4 is 9.62 Å². The Morgan fingerprint density at radius 1 is 1.11 bits per heavy atom. The minimum absolute atomic E-state index is 0.219. The maximum atomic E-state index is 13.0. The van der Waals surface area contributed by atoms with Gasteiger partial charge in [-0.1, -0.05) is 48.9 Å². The highest BCUT2D eigenvalue weighted by atomic mass is 32.2. The van der Waals surface area contributed by atoms with Gasteiger partial charge >= 0.3 is 0 Å². The summed E-state index contributed by atoms with van der Waals surface area (Å²) in [7, 11) is -3.62. The zero-order chi connectivity index (χ0) is 20.2. The summed E-state index contributed by atoms with van der Waals surface area (Å²) in [6.07, 6.45) is 1.50. The normalized spacial score (nSPS) is 13.7. The molecule has 0 fully saturated rings. The summed E-state index contributed by atoms with van der Waals surface area (Å²) in [5, 5.41) is 2.99. The highest BCUT2D eigenvalue weighted by Gasteiger charge is 2.32. The Hall–Kier alpha value is -2.34. The topological polar surface area (TPSA) is 66.5 Å². The molecule has 1 amide bonds. The third-order valence-electron chi connectivity index (χ3n) is 4.60. The molecule has 27 heavy (non-hydrogen) atoms. The summed E-state index contributed by atoms with van der Waals surface area (Å²) in [6, 6.07) is 13.8. The molecule has 2 aromatic carbocycles. The zero-order valence-corrected chi connectivity index (χ0v) is 17.4. The van der Waals surface area contributed by atoms with Crippen LogP contribution in [0.1, 0.15) is 43.0 Å². The van der Waals surface area contributed by atoms with Gasteiger partial charge < -0.3 is 5.32 Å². The average molecular weight is 389 g/mol. The van der Waals surface area contributed by atoms with Gasteiger partial charge in [0, 0.05) is 0 Å². The molecule has 0 aliphatic rings. The first-order valence-electron chi connectivity index (χ1n) is 9.07. The SMILES string of the molecule is CCC(C(=O)NC(C)c1cc(C)ccc1C)N(c1ccccc1)S(C)(=O)=O. The van der Waals surface area contributed by atoms with Crippen LogP contribution in [0.4, 0.5) is 5.69 Å². The van der Waals surface area contributed by atoms with E-state index in [0.717, 1.165) is 22.9 Å². The Balaban J connectivity index is 2.31. The first kappa shape index (κ1) is 21.0. The lowest BCUT2D eigenvalue weighted by molar-refractivity contribution is -0.122. The van der Waals surface area contributed by atoms with Crippen LogP contribution in [0, 0.1) is 13.8 Å². The molecule has 0 saturated carbocycles. The molecule has 2 aromatic rings. The molecule has 0 aromatic heterocycles. The Morgan fingerprint density at radius 2 is 1.74 bits per heavy atom. The van der Waals surface area contributed by atoms with Gasteiger partial charge in [0.1, 0.15) is 6.04 Å². The Morgan fingerprint density at radius 3 is 2.30 bits per heavy atom. The number of carbonyl (C=O) groups excluding carboxylic acids is 1. The molecule has 1 N–H and O–H groups in total. The van der Waals surface area contributed by atoms with Gasteiger partial charge in [-0.25, -0.2) is 8.42 Å². The lowest BCUT2D eigenvalue weighted by atomic mass is 9.99. The lowest BCUT2D eigenvalue weighted by Crippen LogP contribution is -2.49. The second-order valence-corrected chi connectivity index (χ2v) is 8.77. The number of amides is 1. The van der Waals surface area contributed by atoms with Crippen LogP contribution in [0.15, 0.2) is 48.5 Å². The number of sulfonamides is 1. The van der Waals surface area contributed by atoms with Gasteiger partial charge in [-0.05, 0) is 50.5 Å². The van der Waals surface area contributed by atoms with Crippen LogP contribution in [0.25, 0.3) is 0 Å². The van der Waals surface area contributed by atoms with Crippen LogP contribution >= 0.6 is 0 Å². The summed E-state index contributed by atoms with van der Waals surface area (Å²) < 4.78 is 26.1. The van der Waals surface area contributed by atoms with Gasteiger partial charge in [0.15, 0.2) is 0 Å². The van der Waals surface area contributed by atoms with Crippen molar-refractivity contribution in [3.63, 3.8) is 0 Å². The van der Waals surface area contributed by atoms with Crippen molar-refractivity contribution in [1.29, 1.82) is 0 Å². The van der Waals surface area contributed by atoms with E-state index in [2.05, 4.69) is 5.32 Å². The number of carbonyl (C=O) groups is 1. The highest BCUT2D eigenvalue weighted by Crippen LogP contribution is 2.24. The number of hydrogen-bond donors (Lipinski definition) is 1. The fourth-order valence-electron chi connectivity index (χ4n) is 3.25. The van der Waals surface area contributed by atoms with Crippen molar-refractivity contribution in [1.82, 2.24) is 5.32 Å². The van der Waals surface area contributed by atoms with E-state index in [-0.39, 0.29) is 11.9 Å². The molecule has 2 unspecified atom stereocenters. The summed E-state index contributed by atoms with van der Waals surface area (Å²) in [4.78, 5) is 13.0. The molecule has 0 spiro atoms. The van der Waals surface area contributed by atoms with Gasteiger partial charge in [-0.3, -0.25) is 9.10 Å². The molecule has 6 heteroatoms.